The van der Waals surface area contributed by atoms with Gasteiger partial charge in [0.25, 0.3) is 0 Å². The van der Waals surface area contributed by atoms with E-state index in [1.807, 2.05) is 19.1 Å². The molecular formula is C17H26N2O2. The standard InChI is InChI=1S/C17H26N2O2/c1-2-21-13-16-6-4-3-5-15(16)12-19-17(20)8-7-14-9-10-18-11-14/h3-6,14,18H,2,7-13H2,1H3,(H,19,20). The lowest BCUT2D eigenvalue weighted by molar-refractivity contribution is -0.121. The summed E-state index contributed by atoms with van der Waals surface area (Å²) in [7, 11) is 0. The van der Waals surface area contributed by atoms with E-state index in [1.54, 1.807) is 0 Å². The minimum atomic E-state index is 0.146. The van der Waals surface area contributed by atoms with Crippen LogP contribution in [0.15, 0.2) is 24.3 Å². The number of ether oxygens (including phenoxy) is 1. The first kappa shape index (κ1) is 16.0. The Hall–Kier alpha value is -1.39. The average Bonchev–Trinajstić information content (AvgIpc) is 3.03. The Labute approximate surface area is 127 Å². The summed E-state index contributed by atoms with van der Waals surface area (Å²) in [5.41, 5.74) is 2.29. The first-order chi connectivity index (χ1) is 10.3. The molecule has 21 heavy (non-hydrogen) atoms. The van der Waals surface area contributed by atoms with Gasteiger partial charge in [0, 0.05) is 19.6 Å². The molecule has 1 aliphatic rings. The minimum absolute atomic E-state index is 0.146. The molecule has 1 fully saturated rings. The monoisotopic (exact) mass is 290 g/mol. The van der Waals surface area contributed by atoms with Gasteiger partial charge in [-0.25, -0.2) is 0 Å². The van der Waals surface area contributed by atoms with Crippen molar-refractivity contribution in [3.8, 4) is 0 Å². The molecule has 1 aromatic carbocycles. The quantitative estimate of drug-likeness (QED) is 0.772. The first-order valence-corrected chi connectivity index (χ1v) is 7.91. The largest absolute Gasteiger partial charge is 0.377 e. The number of carbonyl (C=O) groups is 1. The molecule has 2 rings (SSSR count). The van der Waals surface area contributed by atoms with Gasteiger partial charge in [0.1, 0.15) is 0 Å². The highest BCUT2D eigenvalue weighted by atomic mass is 16.5. The molecule has 2 N–H and O–H groups in total. The second-order valence-electron chi connectivity index (χ2n) is 5.58. The highest BCUT2D eigenvalue weighted by Gasteiger charge is 2.15. The number of benzene rings is 1. The van der Waals surface area contributed by atoms with Gasteiger partial charge in [-0.05, 0) is 49.9 Å². The van der Waals surface area contributed by atoms with Gasteiger partial charge in [0.2, 0.25) is 5.91 Å². The molecule has 0 saturated carbocycles. The summed E-state index contributed by atoms with van der Waals surface area (Å²) in [6, 6.07) is 8.12. The van der Waals surface area contributed by atoms with E-state index in [0.717, 1.165) is 30.6 Å². The summed E-state index contributed by atoms with van der Waals surface area (Å²) in [4.78, 5) is 11.9. The predicted molar refractivity (Wildman–Crippen MR) is 83.8 cm³/mol. The van der Waals surface area contributed by atoms with Gasteiger partial charge in [-0.2, -0.15) is 0 Å². The normalized spacial score (nSPS) is 17.9. The van der Waals surface area contributed by atoms with Crippen molar-refractivity contribution in [3.63, 3.8) is 0 Å². The topological polar surface area (TPSA) is 50.4 Å². The molecule has 1 heterocycles. The Morgan fingerprint density at radius 1 is 1.38 bits per heavy atom. The number of hydrogen-bond acceptors (Lipinski definition) is 3. The van der Waals surface area contributed by atoms with E-state index in [-0.39, 0.29) is 5.91 Å². The fraction of sp³-hybridized carbons (Fsp3) is 0.588. The molecule has 1 atom stereocenters. The zero-order chi connectivity index (χ0) is 14.9. The third-order valence-corrected chi connectivity index (χ3v) is 4.00. The Morgan fingerprint density at radius 2 is 2.19 bits per heavy atom. The van der Waals surface area contributed by atoms with Crippen LogP contribution in [-0.2, 0) is 22.7 Å². The van der Waals surface area contributed by atoms with Crippen molar-refractivity contribution in [1.29, 1.82) is 0 Å². The number of carbonyl (C=O) groups excluding carboxylic acids is 1. The van der Waals surface area contributed by atoms with Gasteiger partial charge in [-0.15, -0.1) is 0 Å². The van der Waals surface area contributed by atoms with E-state index in [9.17, 15) is 4.79 Å². The SMILES string of the molecule is CCOCc1ccccc1CNC(=O)CCC1CCNC1. The van der Waals surface area contributed by atoms with Crippen LogP contribution in [-0.4, -0.2) is 25.6 Å². The van der Waals surface area contributed by atoms with Crippen LogP contribution in [0.3, 0.4) is 0 Å². The molecule has 0 aliphatic carbocycles. The second kappa shape index (κ2) is 8.80. The van der Waals surface area contributed by atoms with E-state index < -0.39 is 0 Å². The van der Waals surface area contributed by atoms with Crippen LogP contribution in [0.25, 0.3) is 0 Å². The fourth-order valence-electron chi connectivity index (χ4n) is 2.66. The maximum absolute atomic E-state index is 11.9. The number of rotatable bonds is 8. The summed E-state index contributed by atoms with van der Waals surface area (Å²) in [6.07, 6.45) is 2.81. The zero-order valence-corrected chi connectivity index (χ0v) is 12.9. The highest BCUT2D eigenvalue weighted by Crippen LogP contribution is 2.14. The third kappa shape index (κ3) is 5.48. The van der Waals surface area contributed by atoms with Crippen LogP contribution in [0.5, 0.6) is 0 Å². The number of nitrogens with one attached hydrogen (secondary N) is 2. The number of amides is 1. The first-order valence-electron chi connectivity index (χ1n) is 7.91. The fourth-order valence-corrected chi connectivity index (χ4v) is 2.66. The summed E-state index contributed by atoms with van der Waals surface area (Å²) in [5, 5.41) is 6.36. The van der Waals surface area contributed by atoms with Gasteiger partial charge < -0.3 is 15.4 Å². The molecular weight excluding hydrogens is 264 g/mol. The van der Waals surface area contributed by atoms with Crippen LogP contribution in [0, 0.1) is 5.92 Å². The Kier molecular flexibility index (Phi) is 6.70. The van der Waals surface area contributed by atoms with Gasteiger partial charge in [-0.1, -0.05) is 24.3 Å². The van der Waals surface area contributed by atoms with Crippen LogP contribution < -0.4 is 10.6 Å². The van der Waals surface area contributed by atoms with Gasteiger partial charge in [-0.3, -0.25) is 4.79 Å². The number of hydrogen-bond donors (Lipinski definition) is 2. The molecule has 1 saturated heterocycles. The average molecular weight is 290 g/mol. The van der Waals surface area contributed by atoms with Gasteiger partial charge >= 0.3 is 0 Å². The highest BCUT2D eigenvalue weighted by molar-refractivity contribution is 5.75. The molecule has 1 aromatic rings. The predicted octanol–water partition coefficient (Wildman–Crippen LogP) is 2.23. The molecule has 116 valence electrons. The van der Waals surface area contributed by atoms with Crippen molar-refractivity contribution >= 4 is 5.91 Å². The lowest BCUT2D eigenvalue weighted by Gasteiger charge is -2.12. The summed E-state index contributed by atoms with van der Waals surface area (Å²) >= 11 is 0. The van der Waals surface area contributed by atoms with Gasteiger partial charge in [0.05, 0.1) is 6.61 Å². The van der Waals surface area contributed by atoms with E-state index in [0.29, 0.717) is 32.1 Å². The van der Waals surface area contributed by atoms with Crippen molar-refractivity contribution in [3.05, 3.63) is 35.4 Å². The van der Waals surface area contributed by atoms with Crippen molar-refractivity contribution in [1.82, 2.24) is 10.6 Å². The Bertz CT molecular complexity index is 442. The molecule has 0 aromatic heterocycles. The molecule has 1 aliphatic heterocycles. The van der Waals surface area contributed by atoms with Gasteiger partial charge in [0.15, 0.2) is 0 Å². The van der Waals surface area contributed by atoms with Crippen molar-refractivity contribution < 1.29 is 9.53 Å². The Balaban J connectivity index is 1.75. The van der Waals surface area contributed by atoms with Crippen LogP contribution >= 0.6 is 0 Å². The maximum atomic E-state index is 11.9. The van der Waals surface area contributed by atoms with E-state index in [1.165, 1.54) is 6.42 Å². The van der Waals surface area contributed by atoms with Crippen molar-refractivity contribution in [2.45, 2.75) is 39.3 Å². The van der Waals surface area contributed by atoms with Crippen LogP contribution in [0.2, 0.25) is 0 Å². The van der Waals surface area contributed by atoms with Crippen molar-refractivity contribution in [2.75, 3.05) is 19.7 Å². The third-order valence-electron chi connectivity index (χ3n) is 4.00. The smallest absolute Gasteiger partial charge is 0.220 e. The molecule has 4 nitrogen and oxygen atoms in total. The second-order valence-corrected chi connectivity index (χ2v) is 5.58. The van der Waals surface area contributed by atoms with E-state index in [4.69, 9.17) is 4.74 Å². The molecule has 4 heteroatoms. The zero-order valence-electron chi connectivity index (χ0n) is 12.9. The van der Waals surface area contributed by atoms with Crippen LogP contribution in [0.1, 0.15) is 37.3 Å². The van der Waals surface area contributed by atoms with Crippen LogP contribution in [0.4, 0.5) is 0 Å². The summed E-state index contributed by atoms with van der Waals surface area (Å²) < 4.78 is 5.46. The van der Waals surface area contributed by atoms with E-state index >= 15 is 0 Å². The molecule has 1 amide bonds. The molecule has 0 bridgehead atoms. The Morgan fingerprint density at radius 3 is 2.90 bits per heavy atom. The van der Waals surface area contributed by atoms with Crippen molar-refractivity contribution in [2.24, 2.45) is 5.92 Å². The molecule has 0 spiro atoms. The lowest BCUT2D eigenvalue weighted by Crippen LogP contribution is -2.24. The maximum Gasteiger partial charge on any atom is 0.220 e. The van der Waals surface area contributed by atoms with E-state index in [2.05, 4.69) is 22.8 Å². The summed E-state index contributed by atoms with van der Waals surface area (Å²) in [5.74, 6) is 0.814. The molecule has 0 radical (unpaired) electrons. The minimum Gasteiger partial charge on any atom is -0.377 e. The molecule has 1 unspecified atom stereocenters. The lowest BCUT2D eigenvalue weighted by atomic mass is 10.0. The summed E-state index contributed by atoms with van der Waals surface area (Å²) in [6.45, 7) is 6.04.